The molecule has 0 aliphatic heterocycles. The van der Waals surface area contributed by atoms with Gasteiger partial charge in [-0.1, -0.05) is 6.07 Å². The molecule has 0 aliphatic carbocycles. The molecule has 1 atom stereocenters. The van der Waals surface area contributed by atoms with E-state index in [9.17, 15) is 5.11 Å². The lowest BCUT2D eigenvalue weighted by Gasteiger charge is -2.03. The van der Waals surface area contributed by atoms with Gasteiger partial charge in [0.1, 0.15) is 5.03 Å². The smallest absolute Gasteiger partial charge is 0.282 e. The minimum Gasteiger partial charge on any atom is -0.416 e. The third-order valence-corrected chi connectivity index (χ3v) is 2.73. The second-order valence-corrected chi connectivity index (χ2v) is 4.27. The Morgan fingerprint density at radius 2 is 2.19 bits per heavy atom. The minimum absolute atomic E-state index is 0.467. The Balaban J connectivity index is 2.11. The maximum Gasteiger partial charge on any atom is 0.282 e. The number of rotatable bonds is 3. The molecule has 1 N–H and O–H groups in total. The molecule has 2 rings (SSSR count). The van der Waals surface area contributed by atoms with Gasteiger partial charge in [-0.15, -0.1) is 10.2 Å². The Bertz CT molecular complexity index is 467. The highest BCUT2D eigenvalue weighted by Gasteiger charge is 2.07. The molecule has 0 aliphatic rings. The molecule has 2 heterocycles. The first-order valence-electron chi connectivity index (χ1n) is 4.77. The van der Waals surface area contributed by atoms with E-state index in [4.69, 9.17) is 4.42 Å². The lowest BCUT2D eigenvalue weighted by atomic mass is 10.2. The van der Waals surface area contributed by atoms with Gasteiger partial charge in [0.25, 0.3) is 5.22 Å². The maximum atomic E-state index is 9.32. The second-order valence-electron chi connectivity index (χ2n) is 3.29. The van der Waals surface area contributed by atoms with Gasteiger partial charge in [-0.3, -0.25) is 0 Å². The molecule has 2 aromatic rings. The van der Waals surface area contributed by atoms with Crippen molar-refractivity contribution in [2.45, 2.75) is 30.2 Å². The quantitative estimate of drug-likeness (QED) is 0.880. The molecular weight excluding hydrogens is 226 g/mol. The van der Waals surface area contributed by atoms with Gasteiger partial charge < -0.3 is 9.52 Å². The molecule has 0 radical (unpaired) electrons. The van der Waals surface area contributed by atoms with E-state index in [1.807, 2.05) is 12.1 Å². The van der Waals surface area contributed by atoms with Crippen LogP contribution in [0.4, 0.5) is 0 Å². The molecule has 2 aromatic heterocycles. The lowest BCUT2D eigenvalue weighted by Crippen LogP contribution is -1.92. The van der Waals surface area contributed by atoms with Crippen molar-refractivity contribution in [2.75, 3.05) is 0 Å². The van der Waals surface area contributed by atoms with E-state index in [-0.39, 0.29) is 0 Å². The zero-order valence-corrected chi connectivity index (χ0v) is 9.73. The summed E-state index contributed by atoms with van der Waals surface area (Å²) in [5.41, 5.74) is 0.783. The first-order chi connectivity index (χ1) is 7.65. The van der Waals surface area contributed by atoms with Crippen LogP contribution in [0.15, 0.2) is 33.0 Å². The molecular formula is C10H11N3O2S. The van der Waals surface area contributed by atoms with Crippen molar-refractivity contribution < 1.29 is 9.52 Å². The normalized spacial score (nSPS) is 12.7. The van der Waals surface area contributed by atoms with E-state index in [0.29, 0.717) is 11.1 Å². The van der Waals surface area contributed by atoms with Crippen LogP contribution in [-0.2, 0) is 0 Å². The second kappa shape index (κ2) is 4.63. The maximum absolute atomic E-state index is 9.32. The first-order valence-corrected chi connectivity index (χ1v) is 5.59. The van der Waals surface area contributed by atoms with Crippen LogP contribution in [0.2, 0.25) is 0 Å². The van der Waals surface area contributed by atoms with E-state index in [2.05, 4.69) is 15.2 Å². The molecule has 1 unspecified atom stereocenters. The standard InChI is InChI=1S/C10H11N3O2S/c1-6(14)8-3-4-9(11-5-8)16-10-13-12-7(2)15-10/h3-6,14H,1-2H3. The topological polar surface area (TPSA) is 72.0 Å². The molecule has 5 nitrogen and oxygen atoms in total. The van der Waals surface area contributed by atoms with Crippen LogP contribution in [0.5, 0.6) is 0 Å². The third-order valence-electron chi connectivity index (χ3n) is 1.94. The molecule has 0 amide bonds. The van der Waals surface area contributed by atoms with Crippen molar-refractivity contribution in [3.63, 3.8) is 0 Å². The molecule has 16 heavy (non-hydrogen) atoms. The molecule has 0 spiro atoms. The molecule has 0 fully saturated rings. The third kappa shape index (κ3) is 2.59. The molecule has 0 saturated heterocycles. The van der Waals surface area contributed by atoms with Gasteiger partial charge in [0.15, 0.2) is 0 Å². The number of nitrogens with zero attached hydrogens (tertiary/aromatic N) is 3. The summed E-state index contributed by atoms with van der Waals surface area (Å²) in [6.07, 6.45) is 1.13. The van der Waals surface area contributed by atoms with Gasteiger partial charge in [-0.2, -0.15) is 0 Å². The Morgan fingerprint density at radius 1 is 1.38 bits per heavy atom. The number of aliphatic hydroxyl groups excluding tert-OH is 1. The van der Waals surface area contributed by atoms with Crippen LogP contribution in [0, 0.1) is 6.92 Å². The fraction of sp³-hybridized carbons (Fsp3) is 0.300. The summed E-state index contributed by atoms with van der Waals surface area (Å²) in [5.74, 6) is 0.531. The van der Waals surface area contributed by atoms with Crippen molar-refractivity contribution in [2.24, 2.45) is 0 Å². The fourth-order valence-corrected chi connectivity index (χ4v) is 1.77. The summed E-state index contributed by atoms with van der Waals surface area (Å²) < 4.78 is 5.22. The van der Waals surface area contributed by atoms with E-state index in [0.717, 1.165) is 10.6 Å². The van der Waals surface area contributed by atoms with Crippen LogP contribution < -0.4 is 0 Å². The summed E-state index contributed by atoms with van der Waals surface area (Å²) >= 11 is 1.30. The van der Waals surface area contributed by atoms with Crippen molar-refractivity contribution in [3.8, 4) is 0 Å². The summed E-state index contributed by atoms with van der Waals surface area (Å²) in [5, 5.41) is 18.1. The zero-order chi connectivity index (χ0) is 11.5. The van der Waals surface area contributed by atoms with E-state index < -0.39 is 6.10 Å². The van der Waals surface area contributed by atoms with Gasteiger partial charge in [0, 0.05) is 13.1 Å². The van der Waals surface area contributed by atoms with Crippen molar-refractivity contribution in [1.82, 2.24) is 15.2 Å². The predicted molar refractivity (Wildman–Crippen MR) is 58.0 cm³/mol. The van der Waals surface area contributed by atoms with Crippen LogP contribution in [0.3, 0.4) is 0 Å². The number of aliphatic hydroxyl groups is 1. The number of hydrogen-bond acceptors (Lipinski definition) is 6. The Labute approximate surface area is 96.9 Å². The monoisotopic (exact) mass is 237 g/mol. The minimum atomic E-state index is -0.503. The van der Waals surface area contributed by atoms with E-state index in [1.165, 1.54) is 11.8 Å². The number of pyridine rings is 1. The first kappa shape index (κ1) is 11.1. The molecule has 6 heteroatoms. The summed E-state index contributed by atoms with van der Waals surface area (Å²) in [7, 11) is 0. The van der Waals surface area contributed by atoms with Crippen LogP contribution in [-0.4, -0.2) is 20.3 Å². The van der Waals surface area contributed by atoms with Gasteiger partial charge in [0.2, 0.25) is 5.89 Å². The van der Waals surface area contributed by atoms with Crippen molar-refractivity contribution >= 4 is 11.8 Å². The number of hydrogen-bond donors (Lipinski definition) is 1. The highest BCUT2D eigenvalue weighted by molar-refractivity contribution is 7.99. The summed E-state index contributed by atoms with van der Waals surface area (Å²) in [6, 6.07) is 3.63. The van der Waals surface area contributed by atoms with Crippen LogP contribution in [0.1, 0.15) is 24.5 Å². The summed E-state index contributed by atoms with van der Waals surface area (Å²) in [6.45, 7) is 3.44. The van der Waals surface area contributed by atoms with E-state index in [1.54, 1.807) is 20.0 Å². The Morgan fingerprint density at radius 3 is 2.69 bits per heavy atom. The van der Waals surface area contributed by atoms with Gasteiger partial charge in [0.05, 0.1) is 6.10 Å². The number of aromatic nitrogens is 3. The average molecular weight is 237 g/mol. The molecule has 0 saturated carbocycles. The predicted octanol–water partition coefficient (Wildman–Crippen LogP) is 1.98. The number of aryl methyl sites for hydroxylation is 1. The molecule has 0 bridgehead atoms. The van der Waals surface area contributed by atoms with Crippen LogP contribution >= 0.6 is 11.8 Å². The Kier molecular flexibility index (Phi) is 3.21. The van der Waals surface area contributed by atoms with E-state index >= 15 is 0 Å². The largest absolute Gasteiger partial charge is 0.416 e. The van der Waals surface area contributed by atoms with Crippen LogP contribution in [0.25, 0.3) is 0 Å². The fourth-order valence-electron chi connectivity index (χ4n) is 1.11. The van der Waals surface area contributed by atoms with Gasteiger partial charge >= 0.3 is 0 Å². The SMILES string of the molecule is Cc1nnc(Sc2ccc(C(C)O)cn2)o1. The van der Waals surface area contributed by atoms with Crippen molar-refractivity contribution in [1.29, 1.82) is 0 Å². The molecule has 84 valence electrons. The highest BCUT2D eigenvalue weighted by atomic mass is 32.2. The lowest BCUT2D eigenvalue weighted by molar-refractivity contribution is 0.198. The van der Waals surface area contributed by atoms with Gasteiger partial charge in [-0.05, 0) is 30.3 Å². The summed E-state index contributed by atoms with van der Waals surface area (Å²) in [4.78, 5) is 4.18. The van der Waals surface area contributed by atoms with Crippen molar-refractivity contribution in [3.05, 3.63) is 29.8 Å². The Hall–Kier alpha value is -1.40. The zero-order valence-electron chi connectivity index (χ0n) is 8.91. The highest BCUT2D eigenvalue weighted by Crippen LogP contribution is 2.25. The molecule has 0 aromatic carbocycles. The average Bonchev–Trinajstić information content (AvgIpc) is 2.65. The van der Waals surface area contributed by atoms with Gasteiger partial charge in [-0.25, -0.2) is 4.98 Å².